The van der Waals surface area contributed by atoms with E-state index in [1.807, 2.05) is 19.2 Å². The van der Waals surface area contributed by atoms with Crippen LogP contribution in [0.3, 0.4) is 0 Å². The highest BCUT2D eigenvalue weighted by Gasteiger charge is 2.19. The molecule has 19 heavy (non-hydrogen) atoms. The van der Waals surface area contributed by atoms with E-state index >= 15 is 0 Å². The van der Waals surface area contributed by atoms with Gasteiger partial charge < -0.3 is 10.0 Å². The number of rotatable bonds is 2. The highest BCUT2D eigenvalue weighted by molar-refractivity contribution is 7.12. The zero-order valence-electron chi connectivity index (χ0n) is 11.1. The summed E-state index contributed by atoms with van der Waals surface area (Å²) in [6, 6.07) is 4.01. The highest BCUT2D eigenvalue weighted by Crippen LogP contribution is 2.18. The molecule has 0 radical (unpaired) electrons. The number of hydrogen-bond acceptors (Lipinski definition) is 4. The molecule has 4 nitrogen and oxygen atoms in total. The van der Waals surface area contributed by atoms with Crippen molar-refractivity contribution in [1.29, 1.82) is 0 Å². The van der Waals surface area contributed by atoms with Crippen LogP contribution in [0.1, 0.15) is 16.2 Å². The Bertz CT molecular complexity index is 501. The number of carbonyl (C=O) groups excluding carboxylic acids is 1. The van der Waals surface area contributed by atoms with E-state index in [1.54, 1.807) is 16.2 Å². The first-order valence-electron chi connectivity index (χ1n) is 6.34. The first-order chi connectivity index (χ1) is 9.19. The molecule has 0 saturated carbocycles. The topological polar surface area (TPSA) is 43.8 Å². The molecular formula is C14H18N2O2S. The van der Waals surface area contributed by atoms with Gasteiger partial charge in [0.2, 0.25) is 5.91 Å². The summed E-state index contributed by atoms with van der Waals surface area (Å²) in [6.07, 6.45) is 1.02. The molecule has 2 heterocycles. The molecule has 0 unspecified atom stereocenters. The third-order valence-electron chi connectivity index (χ3n) is 3.08. The summed E-state index contributed by atoms with van der Waals surface area (Å²) in [7, 11) is 1.86. The Morgan fingerprint density at radius 3 is 3.05 bits per heavy atom. The van der Waals surface area contributed by atoms with E-state index < -0.39 is 0 Å². The maximum atomic E-state index is 11.8. The molecule has 1 N–H and O–H groups in total. The second-order valence-corrected chi connectivity index (χ2v) is 5.77. The van der Waals surface area contributed by atoms with Crippen LogP contribution >= 0.6 is 11.3 Å². The summed E-state index contributed by atoms with van der Waals surface area (Å²) in [6.45, 7) is 2.97. The number of aliphatic hydroxyl groups excluding tert-OH is 1. The van der Waals surface area contributed by atoms with Crippen molar-refractivity contribution in [2.75, 3.05) is 33.3 Å². The molecule has 1 aliphatic heterocycles. The fraction of sp³-hybridized carbons (Fsp3) is 0.500. The second-order valence-electron chi connectivity index (χ2n) is 4.61. The Kier molecular flexibility index (Phi) is 4.97. The van der Waals surface area contributed by atoms with Crippen LogP contribution < -0.4 is 0 Å². The number of amides is 1. The third-order valence-corrected chi connectivity index (χ3v) is 4.07. The van der Waals surface area contributed by atoms with Crippen LogP contribution in [-0.4, -0.2) is 54.1 Å². The van der Waals surface area contributed by atoms with Gasteiger partial charge in [0.1, 0.15) is 6.61 Å². The molecule has 102 valence electrons. The molecule has 1 aromatic heterocycles. The van der Waals surface area contributed by atoms with Crippen molar-refractivity contribution < 1.29 is 9.90 Å². The number of nitrogens with zero attached hydrogens (tertiary/aromatic N) is 2. The minimum absolute atomic E-state index is 0.111. The lowest BCUT2D eigenvalue weighted by atomic mass is 10.3. The lowest BCUT2D eigenvalue weighted by Crippen LogP contribution is -2.33. The van der Waals surface area contributed by atoms with Gasteiger partial charge in [-0.15, -0.1) is 11.3 Å². The summed E-state index contributed by atoms with van der Waals surface area (Å²) in [5, 5.41) is 8.66. The third kappa shape index (κ3) is 4.06. The first kappa shape index (κ1) is 14.1. The monoisotopic (exact) mass is 278 g/mol. The largest absolute Gasteiger partial charge is 0.384 e. The molecule has 1 saturated heterocycles. The molecule has 1 fully saturated rings. The van der Waals surface area contributed by atoms with Gasteiger partial charge in [-0.3, -0.25) is 9.69 Å². The van der Waals surface area contributed by atoms with Gasteiger partial charge in [0, 0.05) is 31.6 Å². The Morgan fingerprint density at radius 1 is 1.42 bits per heavy atom. The Labute approximate surface area is 117 Å². The molecule has 0 aromatic carbocycles. The predicted octanol–water partition coefficient (Wildman–Crippen LogP) is 0.756. The lowest BCUT2D eigenvalue weighted by Gasteiger charge is -2.18. The van der Waals surface area contributed by atoms with Crippen molar-refractivity contribution in [1.82, 2.24) is 9.80 Å². The molecular weight excluding hydrogens is 260 g/mol. The van der Waals surface area contributed by atoms with Crippen LogP contribution in [0.5, 0.6) is 0 Å². The van der Waals surface area contributed by atoms with Gasteiger partial charge in [0.15, 0.2) is 0 Å². The zero-order valence-corrected chi connectivity index (χ0v) is 11.9. The maximum Gasteiger partial charge on any atom is 0.236 e. The van der Waals surface area contributed by atoms with Gasteiger partial charge in [0.25, 0.3) is 0 Å². The maximum absolute atomic E-state index is 11.8. The summed E-state index contributed by atoms with van der Waals surface area (Å²) in [4.78, 5) is 17.9. The van der Waals surface area contributed by atoms with Crippen molar-refractivity contribution in [2.24, 2.45) is 0 Å². The second kappa shape index (κ2) is 6.71. The summed E-state index contributed by atoms with van der Waals surface area (Å²) in [5.41, 5.74) is 0. The summed E-state index contributed by atoms with van der Waals surface area (Å²) < 4.78 is 0. The van der Waals surface area contributed by atoms with E-state index in [1.165, 1.54) is 4.88 Å². The molecule has 1 aliphatic rings. The van der Waals surface area contributed by atoms with Crippen LogP contribution in [0.4, 0.5) is 0 Å². The molecule has 2 rings (SSSR count). The average Bonchev–Trinajstić information content (AvgIpc) is 2.76. The number of carbonyl (C=O) groups is 1. The SMILES string of the molecule is CN1CCCN(Cc2ccc(C#CCO)s2)CC1=O. The summed E-state index contributed by atoms with van der Waals surface area (Å²) in [5.74, 6) is 5.74. The van der Waals surface area contributed by atoms with Crippen molar-refractivity contribution >= 4 is 17.2 Å². The Morgan fingerprint density at radius 2 is 2.26 bits per heavy atom. The van der Waals surface area contributed by atoms with Gasteiger partial charge >= 0.3 is 0 Å². The van der Waals surface area contributed by atoms with E-state index in [0.717, 1.165) is 30.9 Å². The number of hydrogen-bond donors (Lipinski definition) is 1. The fourth-order valence-corrected chi connectivity index (χ4v) is 2.98. The van der Waals surface area contributed by atoms with Crippen LogP contribution in [0.15, 0.2) is 12.1 Å². The predicted molar refractivity (Wildman–Crippen MR) is 75.8 cm³/mol. The van der Waals surface area contributed by atoms with Crippen LogP contribution in [0.2, 0.25) is 0 Å². The van der Waals surface area contributed by atoms with E-state index in [9.17, 15) is 4.79 Å². The average molecular weight is 278 g/mol. The van der Waals surface area contributed by atoms with Gasteiger partial charge in [-0.05, 0) is 18.6 Å². The van der Waals surface area contributed by atoms with Gasteiger partial charge in [0.05, 0.1) is 11.4 Å². The van der Waals surface area contributed by atoms with Crippen molar-refractivity contribution in [3.63, 3.8) is 0 Å². The molecule has 0 spiro atoms. The van der Waals surface area contributed by atoms with Gasteiger partial charge in [-0.25, -0.2) is 0 Å². The Hall–Kier alpha value is -1.35. The highest BCUT2D eigenvalue weighted by atomic mass is 32.1. The number of thiophene rings is 1. The fourth-order valence-electron chi connectivity index (χ4n) is 2.06. The minimum atomic E-state index is -0.111. The standard InChI is InChI=1S/C14H18N2O2S/c1-15-7-3-8-16(11-14(15)18)10-13-6-5-12(19-13)4-2-9-17/h5-6,17H,3,7-11H2,1H3. The quantitative estimate of drug-likeness (QED) is 0.812. The lowest BCUT2D eigenvalue weighted by molar-refractivity contribution is -0.129. The van der Waals surface area contributed by atoms with Crippen LogP contribution in [-0.2, 0) is 11.3 Å². The number of likely N-dealkylation sites (N-methyl/N-ethyl adjacent to an activating group) is 1. The molecule has 1 aromatic rings. The molecule has 5 heteroatoms. The van der Waals surface area contributed by atoms with E-state index in [0.29, 0.717) is 6.54 Å². The van der Waals surface area contributed by atoms with E-state index in [2.05, 4.69) is 16.7 Å². The smallest absolute Gasteiger partial charge is 0.236 e. The van der Waals surface area contributed by atoms with Crippen molar-refractivity contribution in [2.45, 2.75) is 13.0 Å². The first-order valence-corrected chi connectivity index (χ1v) is 7.15. The van der Waals surface area contributed by atoms with Gasteiger partial charge in [-0.2, -0.15) is 0 Å². The van der Waals surface area contributed by atoms with Crippen molar-refractivity contribution in [3.8, 4) is 11.8 Å². The molecule has 0 aliphatic carbocycles. The van der Waals surface area contributed by atoms with E-state index in [-0.39, 0.29) is 12.5 Å². The van der Waals surface area contributed by atoms with Gasteiger partial charge in [-0.1, -0.05) is 11.8 Å². The van der Waals surface area contributed by atoms with Crippen molar-refractivity contribution in [3.05, 3.63) is 21.9 Å². The van der Waals surface area contributed by atoms with E-state index in [4.69, 9.17) is 5.11 Å². The molecule has 0 bridgehead atoms. The summed E-state index contributed by atoms with van der Waals surface area (Å²) >= 11 is 1.62. The molecule has 1 amide bonds. The van der Waals surface area contributed by atoms with Crippen LogP contribution in [0, 0.1) is 11.8 Å². The Balaban J connectivity index is 1.96. The minimum Gasteiger partial charge on any atom is -0.384 e. The number of aliphatic hydroxyl groups is 1. The molecule has 0 atom stereocenters. The normalized spacial score (nSPS) is 16.9. The van der Waals surface area contributed by atoms with Crippen LogP contribution in [0.25, 0.3) is 0 Å². The zero-order chi connectivity index (χ0) is 13.7.